The smallest absolute Gasteiger partial charge is 0.0692 e. The second-order valence-electron chi connectivity index (χ2n) is 5.65. The van der Waals surface area contributed by atoms with Gasteiger partial charge in [0, 0.05) is 6.54 Å². The second-order valence-corrected chi connectivity index (χ2v) is 5.65. The van der Waals surface area contributed by atoms with Gasteiger partial charge in [-0.15, -0.1) is 0 Å². The van der Waals surface area contributed by atoms with E-state index in [1.165, 1.54) is 25.7 Å². The van der Waals surface area contributed by atoms with E-state index in [9.17, 15) is 5.11 Å². The van der Waals surface area contributed by atoms with Crippen LogP contribution in [0.5, 0.6) is 0 Å². The first-order chi connectivity index (χ1) is 7.09. The van der Waals surface area contributed by atoms with Crippen molar-refractivity contribution in [3.05, 3.63) is 0 Å². The number of rotatable bonds is 5. The number of aliphatic hydroxyl groups excluding tert-OH is 1. The summed E-state index contributed by atoms with van der Waals surface area (Å²) in [6.45, 7) is 8.49. The van der Waals surface area contributed by atoms with E-state index in [0.717, 1.165) is 19.0 Å². The quantitative estimate of drug-likeness (QED) is 0.735. The molecule has 0 aromatic rings. The van der Waals surface area contributed by atoms with Crippen LogP contribution in [0.15, 0.2) is 0 Å². The van der Waals surface area contributed by atoms with Gasteiger partial charge in [-0.25, -0.2) is 0 Å². The van der Waals surface area contributed by atoms with Crippen molar-refractivity contribution in [1.29, 1.82) is 0 Å². The minimum Gasteiger partial charge on any atom is -0.392 e. The lowest BCUT2D eigenvalue weighted by molar-refractivity contribution is 0.0709. The molecule has 2 nitrogen and oxygen atoms in total. The van der Waals surface area contributed by atoms with E-state index in [4.69, 9.17) is 0 Å². The van der Waals surface area contributed by atoms with Crippen LogP contribution in [0.2, 0.25) is 0 Å². The van der Waals surface area contributed by atoms with Crippen LogP contribution in [0.3, 0.4) is 0 Å². The predicted molar refractivity (Wildman–Crippen MR) is 64.8 cm³/mol. The predicted octanol–water partition coefficient (Wildman–Crippen LogP) is 2.42. The molecule has 0 spiro atoms. The average Bonchev–Trinajstić information content (AvgIpc) is 2.17. The molecule has 1 aliphatic carbocycles. The van der Waals surface area contributed by atoms with Gasteiger partial charge in [0.05, 0.1) is 6.10 Å². The molecule has 90 valence electrons. The molecule has 0 radical (unpaired) electrons. The lowest BCUT2D eigenvalue weighted by Crippen LogP contribution is -2.36. The topological polar surface area (TPSA) is 32.3 Å². The molecule has 0 aliphatic heterocycles. The molecule has 0 amide bonds. The number of nitrogens with one attached hydrogen (secondary N) is 1. The van der Waals surface area contributed by atoms with Crippen LogP contribution >= 0.6 is 0 Å². The van der Waals surface area contributed by atoms with Gasteiger partial charge in [-0.1, -0.05) is 33.6 Å². The number of hydrogen-bond acceptors (Lipinski definition) is 2. The summed E-state index contributed by atoms with van der Waals surface area (Å²) in [6, 6.07) is 0. The number of aliphatic hydroxyl groups is 1. The monoisotopic (exact) mass is 213 g/mol. The summed E-state index contributed by atoms with van der Waals surface area (Å²) in [4.78, 5) is 0. The van der Waals surface area contributed by atoms with E-state index in [1.807, 2.05) is 0 Å². The standard InChI is InChI=1S/C13H27NO/c1-10(2)8-14-9-13(15)12-6-4-5-11(3)7-12/h10-15H,4-9H2,1-3H3. The molecule has 1 aliphatic rings. The molecule has 0 aromatic carbocycles. The third-order valence-corrected chi connectivity index (χ3v) is 3.43. The molecule has 1 rings (SSSR count). The van der Waals surface area contributed by atoms with Crippen LogP contribution in [0, 0.1) is 17.8 Å². The lowest BCUT2D eigenvalue weighted by Gasteiger charge is -2.30. The summed E-state index contributed by atoms with van der Waals surface area (Å²) < 4.78 is 0. The fraction of sp³-hybridized carbons (Fsp3) is 1.00. The van der Waals surface area contributed by atoms with Crippen molar-refractivity contribution in [2.24, 2.45) is 17.8 Å². The molecule has 1 saturated carbocycles. The molecular formula is C13H27NO. The van der Waals surface area contributed by atoms with E-state index in [-0.39, 0.29) is 6.10 Å². The van der Waals surface area contributed by atoms with Crippen molar-refractivity contribution in [3.8, 4) is 0 Å². The zero-order valence-corrected chi connectivity index (χ0v) is 10.5. The van der Waals surface area contributed by atoms with Gasteiger partial charge in [0.25, 0.3) is 0 Å². The van der Waals surface area contributed by atoms with E-state index in [2.05, 4.69) is 26.1 Å². The Kier molecular flexibility index (Phi) is 5.62. The lowest BCUT2D eigenvalue weighted by atomic mass is 9.79. The van der Waals surface area contributed by atoms with Crippen LogP contribution in [0.25, 0.3) is 0 Å². The van der Waals surface area contributed by atoms with E-state index >= 15 is 0 Å². The molecule has 0 saturated heterocycles. The first kappa shape index (κ1) is 13.0. The van der Waals surface area contributed by atoms with Crippen molar-refractivity contribution in [1.82, 2.24) is 5.32 Å². The Hall–Kier alpha value is -0.0800. The molecule has 0 bridgehead atoms. The van der Waals surface area contributed by atoms with Crippen LogP contribution < -0.4 is 5.32 Å². The molecule has 3 unspecified atom stereocenters. The van der Waals surface area contributed by atoms with Crippen molar-refractivity contribution in [2.45, 2.75) is 52.6 Å². The van der Waals surface area contributed by atoms with E-state index in [0.29, 0.717) is 11.8 Å². The summed E-state index contributed by atoms with van der Waals surface area (Å²) in [5, 5.41) is 13.4. The summed E-state index contributed by atoms with van der Waals surface area (Å²) >= 11 is 0. The van der Waals surface area contributed by atoms with E-state index < -0.39 is 0 Å². The molecule has 1 fully saturated rings. The summed E-state index contributed by atoms with van der Waals surface area (Å²) in [5.74, 6) is 2.01. The van der Waals surface area contributed by atoms with Crippen LogP contribution in [0.1, 0.15) is 46.5 Å². The SMILES string of the molecule is CC(C)CNCC(O)C1CCCC(C)C1. The Morgan fingerprint density at radius 2 is 2.00 bits per heavy atom. The maximum absolute atomic E-state index is 10.0. The Morgan fingerprint density at radius 1 is 1.27 bits per heavy atom. The molecule has 0 heterocycles. The summed E-state index contributed by atoms with van der Waals surface area (Å²) in [5.41, 5.74) is 0. The van der Waals surface area contributed by atoms with Gasteiger partial charge in [-0.05, 0) is 37.1 Å². The molecule has 0 aromatic heterocycles. The zero-order chi connectivity index (χ0) is 11.3. The minimum absolute atomic E-state index is 0.133. The van der Waals surface area contributed by atoms with E-state index in [1.54, 1.807) is 0 Å². The molecule has 3 atom stereocenters. The van der Waals surface area contributed by atoms with Gasteiger partial charge in [0.2, 0.25) is 0 Å². The number of hydrogen-bond donors (Lipinski definition) is 2. The highest BCUT2D eigenvalue weighted by Crippen LogP contribution is 2.30. The second kappa shape index (κ2) is 6.49. The van der Waals surface area contributed by atoms with Gasteiger partial charge in [-0.2, -0.15) is 0 Å². The van der Waals surface area contributed by atoms with Gasteiger partial charge >= 0.3 is 0 Å². The fourth-order valence-corrected chi connectivity index (χ4v) is 2.52. The Bertz CT molecular complexity index is 170. The maximum atomic E-state index is 10.0. The Balaban J connectivity index is 2.17. The summed E-state index contributed by atoms with van der Waals surface area (Å²) in [7, 11) is 0. The zero-order valence-electron chi connectivity index (χ0n) is 10.5. The molecular weight excluding hydrogens is 186 g/mol. The van der Waals surface area contributed by atoms with Crippen molar-refractivity contribution < 1.29 is 5.11 Å². The first-order valence-electron chi connectivity index (χ1n) is 6.48. The highest BCUT2D eigenvalue weighted by molar-refractivity contribution is 4.77. The normalized spacial score (nSPS) is 29.4. The van der Waals surface area contributed by atoms with Gasteiger partial charge in [0.1, 0.15) is 0 Å². The van der Waals surface area contributed by atoms with Gasteiger partial charge < -0.3 is 10.4 Å². The Morgan fingerprint density at radius 3 is 2.60 bits per heavy atom. The van der Waals surface area contributed by atoms with Crippen LogP contribution in [-0.2, 0) is 0 Å². The molecule has 2 heteroatoms. The summed E-state index contributed by atoms with van der Waals surface area (Å²) in [6.07, 6.45) is 4.95. The van der Waals surface area contributed by atoms with Crippen LogP contribution in [0.4, 0.5) is 0 Å². The fourth-order valence-electron chi connectivity index (χ4n) is 2.52. The molecule has 15 heavy (non-hydrogen) atoms. The highest BCUT2D eigenvalue weighted by Gasteiger charge is 2.24. The van der Waals surface area contributed by atoms with Crippen LogP contribution in [-0.4, -0.2) is 24.3 Å². The average molecular weight is 213 g/mol. The Labute approximate surface area is 94.5 Å². The van der Waals surface area contributed by atoms with Gasteiger partial charge in [-0.3, -0.25) is 0 Å². The third-order valence-electron chi connectivity index (χ3n) is 3.43. The third kappa shape index (κ3) is 4.98. The highest BCUT2D eigenvalue weighted by atomic mass is 16.3. The van der Waals surface area contributed by atoms with Crippen molar-refractivity contribution >= 4 is 0 Å². The largest absolute Gasteiger partial charge is 0.392 e. The first-order valence-corrected chi connectivity index (χ1v) is 6.48. The molecule has 2 N–H and O–H groups in total. The van der Waals surface area contributed by atoms with Crippen molar-refractivity contribution in [2.75, 3.05) is 13.1 Å². The van der Waals surface area contributed by atoms with Crippen molar-refractivity contribution in [3.63, 3.8) is 0 Å². The minimum atomic E-state index is -0.133. The van der Waals surface area contributed by atoms with Gasteiger partial charge in [0.15, 0.2) is 0 Å². The maximum Gasteiger partial charge on any atom is 0.0692 e.